The summed E-state index contributed by atoms with van der Waals surface area (Å²) in [5.74, 6) is -0.771. The fourth-order valence-corrected chi connectivity index (χ4v) is 3.43. The molecule has 0 atom stereocenters. The van der Waals surface area contributed by atoms with Crippen molar-refractivity contribution in [1.82, 2.24) is 4.90 Å². The number of Topliss-reactive ketones (excluding diaryl/α,β-unsaturated/α-hetero) is 1. The maximum Gasteiger partial charge on any atom is 0.179 e. The van der Waals surface area contributed by atoms with E-state index in [1.807, 2.05) is 16.7 Å². The summed E-state index contributed by atoms with van der Waals surface area (Å²) in [6.07, 6.45) is 0. The van der Waals surface area contributed by atoms with Crippen molar-refractivity contribution in [2.24, 2.45) is 0 Å². The summed E-state index contributed by atoms with van der Waals surface area (Å²) >= 11 is 1.88. The molecular weight excluding hydrogens is 268 g/mol. The zero-order valence-corrected chi connectivity index (χ0v) is 11.9. The number of nitrogens with zero attached hydrogens (tertiary/aromatic N) is 1. The van der Waals surface area contributed by atoms with Crippen molar-refractivity contribution in [3.8, 4) is 0 Å². The van der Waals surface area contributed by atoms with Crippen LogP contribution in [-0.2, 0) is 0 Å². The first-order valence-electron chi connectivity index (χ1n) is 6.22. The van der Waals surface area contributed by atoms with Crippen LogP contribution in [0.5, 0.6) is 0 Å². The molecule has 0 unspecified atom stereocenters. The molecule has 1 aliphatic rings. The largest absolute Gasteiger partial charge is 0.294 e. The van der Waals surface area contributed by atoms with Crippen molar-refractivity contribution in [2.45, 2.75) is 18.6 Å². The minimum Gasteiger partial charge on any atom is -0.294 e. The van der Waals surface area contributed by atoms with Crippen molar-refractivity contribution in [1.29, 1.82) is 0 Å². The first kappa shape index (κ1) is 14.5. The lowest BCUT2D eigenvalue weighted by molar-refractivity contribution is 0.0923. The Morgan fingerprint density at radius 2 is 2.16 bits per heavy atom. The zero-order valence-electron chi connectivity index (χ0n) is 11.1. The van der Waals surface area contributed by atoms with Crippen molar-refractivity contribution in [2.75, 3.05) is 25.4 Å². The van der Waals surface area contributed by atoms with Crippen LogP contribution in [0.3, 0.4) is 0 Å². The zero-order chi connectivity index (χ0) is 14.0. The molecule has 1 aromatic rings. The number of ketones is 1. The average Bonchev–Trinajstić information content (AvgIpc) is 2.27. The van der Waals surface area contributed by atoms with Crippen LogP contribution in [0.1, 0.15) is 24.2 Å². The predicted molar refractivity (Wildman–Crippen MR) is 73.7 cm³/mol. The molecule has 2 rings (SSSR count). The van der Waals surface area contributed by atoms with Crippen molar-refractivity contribution in [3.05, 3.63) is 35.4 Å². The smallest absolute Gasteiger partial charge is 0.179 e. The van der Waals surface area contributed by atoms with Gasteiger partial charge in [0, 0.05) is 29.7 Å². The lowest BCUT2D eigenvalue weighted by Crippen LogP contribution is -2.45. The van der Waals surface area contributed by atoms with Gasteiger partial charge in [-0.25, -0.2) is 8.78 Å². The molecule has 0 amide bonds. The molecular formula is C14H17F2NOS. The number of hydrogen-bond acceptors (Lipinski definition) is 3. The number of thioether (sulfide) groups is 1. The monoisotopic (exact) mass is 285 g/mol. The van der Waals surface area contributed by atoms with E-state index in [0.717, 1.165) is 31.0 Å². The maximum atomic E-state index is 13.5. The van der Waals surface area contributed by atoms with Gasteiger partial charge in [0.05, 0.1) is 12.1 Å². The van der Waals surface area contributed by atoms with Gasteiger partial charge in [0.1, 0.15) is 11.6 Å². The summed E-state index contributed by atoms with van der Waals surface area (Å²) in [4.78, 5) is 14.1. The first-order valence-corrected chi connectivity index (χ1v) is 7.20. The summed E-state index contributed by atoms with van der Waals surface area (Å²) in [5.41, 5.74) is -0.0302. The van der Waals surface area contributed by atoms with Crippen LogP contribution < -0.4 is 0 Å². The van der Waals surface area contributed by atoms with E-state index in [2.05, 4.69) is 13.8 Å². The molecule has 0 N–H and O–H groups in total. The number of benzene rings is 1. The van der Waals surface area contributed by atoms with Crippen molar-refractivity contribution in [3.63, 3.8) is 0 Å². The van der Waals surface area contributed by atoms with Crippen LogP contribution in [-0.4, -0.2) is 40.8 Å². The summed E-state index contributed by atoms with van der Waals surface area (Å²) in [7, 11) is 0. The Hall–Kier alpha value is -0.940. The molecule has 0 radical (unpaired) electrons. The van der Waals surface area contributed by atoms with Gasteiger partial charge in [-0.1, -0.05) is 0 Å². The molecule has 1 fully saturated rings. The molecule has 0 spiro atoms. The second-order valence-electron chi connectivity index (χ2n) is 5.37. The van der Waals surface area contributed by atoms with Gasteiger partial charge in [-0.3, -0.25) is 9.69 Å². The summed E-state index contributed by atoms with van der Waals surface area (Å²) in [5, 5.41) is 0. The predicted octanol–water partition coefficient (Wildman–Crippen LogP) is 2.97. The van der Waals surface area contributed by atoms with Crippen LogP contribution in [0.25, 0.3) is 0 Å². The van der Waals surface area contributed by atoms with Gasteiger partial charge in [-0.2, -0.15) is 11.8 Å². The lowest BCUT2D eigenvalue weighted by Gasteiger charge is -2.37. The van der Waals surface area contributed by atoms with Gasteiger partial charge in [-0.15, -0.1) is 0 Å². The van der Waals surface area contributed by atoms with Crippen LogP contribution in [0.4, 0.5) is 8.78 Å². The summed E-state index contributed by atoms with van der Waals surface area (Å²) in [6.45, 7) is 6.07. The highest BCUT2D eigenvalue weighted by atomic mass is 32.2. The Bertz CT molecular complexity index is 490. The number of carbonyl (C=O) groups is 1. The number of halogens is 2. The quantitative estimate of drug-likeness (QED) is 0.796. The second kappa shape index (κ2) is 5.59. The molecule has 1 saturated heterocycles. The minimum atomic E-state index is -0.782. The first-order chi connectivity index (χ1) is 8.87. The second-order valence-corrected chi connectivity index (χ2v) is 7.17. The maximum absolute atomic E-state index is 13.5. The van der Waals surface area contributed by atoms with Gasteiger partial charge in [-0.05, 0) is 26.0 Å². The highest BCUT2D eigenvalue weighted by Crippen LogP contribution is 2.29. The molecule has 0 aromatic heterocycles. The Labute approximate surface area is 116 Å². The van der Waals surface area contributed by atoms with Crippen LogP contribution in [0.2, 0.25) is 0 Å². The molecule has 0 bridgehead atoms. The van der Waals surface area contributed by atoms with E-state index in [-0.39, 0.29) is 22.6 Å². The van der Waals surface area contributed by atoms with Crippen LogP contribution >= 0.6 is 11.8 Å². The minimum absolute atomic E-state index is 0.0302. The normalized spacial score (nSPS) is 19.4. The molecule has 5 heteroatoms. The Kier molecular flexibility index (Phi) is 4.26. The topological polar surface area (TPSA) is 20.3 Å². The molecule has 1 heterocycles. The average molecular weight is 285 g/mol. The van der Waals surface area contributed by atoms with E-state index in [4.69, 9.17) is 0 Å². The Morgan fingerprint density at radius 1 is 1.42 bits per heavy atom. The third kappa shape index (κ3) is 3.76. The van der Waals surface area contributed by atoms with E-state index in [1.165, 1.54) is 6.07 Å². The van der Waals surface area contributed by atoms with E-state index >= 15 is 0 Å². The van der Waals surface area contributed by atoms with E-state index in [0.29, 0.717) is 0 Å². The Morgan fingerprint density at radius 3 is 2.79 bits per heavy atom. The molecule has 2 nitrogen and oxygen atoms in total. The van der Waals surface area contributed by atoms with E-state index in [1.54, 1.807) is 0 Å². The standard InChI is InChI=1S/C14H17F2NOS/c1-14(2)9-17(5-6-19-14)8-13(18)11-4-3-10(15)7-12(11)16/h3-4,7H,5-6,8-9H2,1-2H3. The lowest BCUT2D eigenvalue weighted by atomic mass is 10.1. The van der Waals surface area contributed by atoms with E-state index in [9.17, 15) is 13.6 Å². The van der Waals surface area contributed by atoms with E-state index < -0.39 is 11.6 Å². The van der Waals surface area contributed by atoms with Crippen molar-refractivity contribution < 1.29 is 13.6 Å². The highest BCUT2D eigenvalue weighted by molar-refractivity contribution is 8.00. The third-order valence-electron chi connectivity index (χ3n) is 3.10. The van der Waals surface area contributed by atoms with Gasteiger partial charge < -0.3 is 0 Å². The van der Waals surface area contributed by atoms with Gasteiger partial charge in [0.2, 0.25) is 0 Å². The molecule has 1 aliphatic heterocycles. The van der Waals surface area contributed by atoms with Gasteiger partial charge in [0.25, 0.3) is 0 Å². The highest BCUT2D eigenvalue weighted by Gasteiger charge is 2.28. The van der Waals surface area contributed by atoms with Crippen molar-refractivity contribution >= 4 is 17.5 Å². The van der Waals surface area contributed by atoms with Crippen LogP contribution in [0, 0.1) is 11.6 Å². The number of hydrogen-bond donors (Lipinski definition) is 0. The molecule has 19 heavy (non-hydrogen) atoms. The Balaban J connectivity index is 2.04. The van der Waals surface area contributed by atoms with Gasteiger partial charge >= 0.3 is 0 Å². The van der Waals surface area contributed by atoms with Gasteiger partial charge in [0.15, 0.2) is 5.78 Å². The fraction of sp³-hybridized carbons (Fsp3) is 0.500. The number of rotatable bonds is 3. The molecule has 0 saturated carbocycles. The SMILES string of the molecule is CC1(C)CN(CC(=O)c2ccc(F)cc2F)CCS1. The summed E-state index contributed by atoms with van der Waals surface area (Å²) < 4.78 is 26.4. The summed E-state index contributed by atoms with van der Waals surface area (Å²) in [6, 6.07) is 3.09. The molecule has 104 valence electrons. The molecule has 1 aromatic carbocycles. The fourth-order valence-electron chi connectivity index (χ4n) is 2.25. The number of carbonyl (C=O) groups excluding carboxylic acids is 1. The molecule has 0 aliphatic carbocycles. The van der Waals surface area contributed by atoms with Crippen LogP contribution in [0.15, 0.2) is 18.2 Å². The third-order valence-corrected chi connectivity index (χ3v) is 4.40.